The lowest BCUT2D eigenvalue weighted by Crippen LogP contribution is -2.62. The molecule has 0 radical (unpaired) electrons. The number of anilines is 3. The number of methoxy groups -OCH3 is 1. The third-order valence-electron chi connectivity index (χ3n) is 15.3. The molecule has 412 valence electrons. The topological polar surface area (TPSA) is 206 Å². The molecule has 1 unspecified atom stereocenters. The molecule has 4 heterocycles. The Balaban J connectivity index is 1.01. The summed E-state index contributed by atoms with van der Waals surface area (Å²) in [6, 6.07) is 16.4. The zero-order valence-corrected chi connectivity index (χ0v) is 44.5. The molecule has 2 fully saturated rings. The second-order valence-corrected chi connectivity index (χ2v) is 20.8. The van der Waals surface area contributed by atoms with Crippen LogP contribution in [0.5, 0.6) is 0 Å². The highest BCUT2D eigenvalue weighted by atomic mass is 19.1. The third-order valence-corrected chi connectivity index (χ3v) is 15.3. The van der Waals surface area contributed by atoms with E-state index in [0.717, 1.165) is 42.4 Å². The molecule has 4 aliphatic rings. The Bertz CT molecular complexity index is 2840. The second kappa shape index (κ2) is 24.3. The summed E-state index contributed by atoms with van der Waals surface area (Å²) in [4.78, 5) is 92.3. The molecular weight excluding hydrogens is 998 g/mol. The highest BCUT2D eigenvalue weighted by Crippen LogP contribution is 2.43. The van der Waals surface area contributed by atoms with E-state index in [1.807, 2.05) is 18.2 Å². The Kier molecular flexibility index (Phi) is 17.8. The van der Waals surface area contributed by atoms with E-state index in [2.05, 4.69) is 55.5 Å². The summed E-state index contributed by atoms with van der Waals surface area (Å²) in [6.07, 6.45) is -0.433. The standard InChI is InChI=1S/C56H69F3N10O8/c1-32-26-67(41(24-61-32)28-66-19-20-77-30-33(66)2)29-48(71)69-31-56(5,43-18-13-37(22-46(43)69)21-36-11-15-39(57)16-12-36)55(75)62-25-47(70)63-40-17-14-38-27-68(54(74)49(35(4)76-7)64-52(72)34(3)60-6)51(42(38)23-40)53(73)65-50-44(58)9-8-10-45(50)59/h8-18,22-23,32-35,41,49,51,60-61H,19-21,24-31H2,1-7H3,(H,62,75)(H,63,70)(H,64,72)(H,65,73)/t32-,33-,34+,35-,41-,49+,51?,56-/m1/s1. The van der Waals surface area contributed by atoms with Crippen molar-refractivity contribution < 1.29 is 51.4 Å². The van der Waals surface area contributed by atoms with Gasteiger partial charge >= 0.3 is 0 Å². The van der Waals surface area contributed by atoms with Crippen molar-refractivity contribution in [1.29, 1.82) is 0 Å². The number of carbonyl (C=O) groups excluding carboxylic acids is 6. The molecule has 0 aliphatic carbocycles. The van der Waals surface area contributed by atoms with Gasteiger partial charge in [0.15, 0.2) is 0 Å². The fourth-order valence-electron chi connectivity index (χ4n) is 10.6. The maximum absolute atomic E-state index is 14.9. The van der Waals surface area contributed by atoms with E-state index in [4.69, 9.17) is 9.47 Å². The van der Waals surface area contributed by atoms with Gasteiger partial charge < -0.3 is 51.2 Å². The molecule has 21 heteroatoms. The van der Waals surface area contributed by atoms with Crippen molar-refractivity contribution in [2.45, 2.75) is 95.4 Å². The van der Waals surface area contributed by atoms with Gasteiger partial charge in [0.25, 0.3) is 5.91 Å². The number of nitrogens with one attached hydrogen (secondary N) is 6. The number of amides is 6. The van der Waals surface area contributed by atoms with Gasteiger partial charge in [-0.2, -0.15) is 0 Å². The number of rotatable bonds is 18. The lowest BCUT2D eigenvalue weighted by atomic mass is 9.83. The molecule has 0 bridgehead atoms. The molecule has 4 aromatic carbocycles. The van der Waals surface area contributed by atoms with Crippen molar-refractivity contribution in [1.82, 2.24) is 36.0 Å². The highest BCUT2D eigenvalue weighted by Gasteiger charge is 2.48. The third kappa shape index (κ3) is 12.7. The number of ether oxygens (including phenoxy) is 2. The quantitative estimate of drug-likeness (QED) is 0.0847. The van der Waals surface area contributed by atoms with Crippen molar-refractivity contribution in [2.75, 3.05) is 88.7 Å². The fraction of sp³-hybridized carbons (Fsp3) is 0.464. The van der Waals surface area contributed by atoms with Crippen LogP contribution in [0.25, 0.3) is 0 Å². The first-order valence-electron chi connectivity index (χ1n) is 26.0. The summed E-state index contributed by atoms with van der Waals surface area (Å²) in [5.41, 5.74) is 1.71. The average Bonchev–Trinajstić information content (AvgIpc) is 3.95. The van der Waals surface area contributed by atoms with Crippen LogP contribution in [0.4, 0.5) is 30.2 Å². The lowest BCUT2D eigenvalue weighted by Gasteiger charge is -2.43. The first kappa shape index (κ1) is 56.5. The van der Waals surface area contributed by atoms with Gasteiger partial charge in [-0.05, 0) is 118 Å². The van der Waals surface area contributed by atoms with Gasteiger partial charge in [-0.15, -0.1) is 0 Å². The Morgan fingerprint density at radius 3 is 2.34 bits per heavy atom. The maximum Gasteiger partial charge on any atom is 0.252 e. The summed E-state index contributed by atoms with van der Waals surface area (Å²) in [6.45, 7) is 12.7. The summed E-state index contributed by atoms with van der Waals surface area (Å²) < 4.78 is 54.9. The number of hydrogen-bond donors (Lipinski definition) is 6. The molecule has 0 spiro atoms. The van der Waals surface area contributed by atoms with Gasteiger partial charge in [0.2, 0.25) is 29.5 Å². The molecule has 2 saturated heterocycles. The molecule has 8 atom stereocenters. The van der Waals surface area contributed by atoms with E-state index in [9.17, 15) is 41.9 Å². The van der Waals surface area contributed by atoms with E-state index in [-0.39, 0.29) is 60.7 Å². The minimum atomic E-state index is -1.50. The number of hydrogen-bond acceptors (Lipinski definition) is 12. The van der Waals surface area contributed by atoms with Gasteiger partial charge in [0.1, 0.15) is 35.2 Å². The maximum atomic E-state index is 14.9. The number of fused-ring (bicyclic) bond motifs is 2. The Hall–Kier alpha value is -6.75. The van der Waals surface area contributed by atoms with Crippen LogP contribution in [0.15, 0.2) is 78.9 Å². The summed E-state index contributed by atoms with van der Waals surface area (Å²) >= 11 is 0. The number of benzene rings is 4. The fourth-order valence-corrected chi connectivity index (χ4v) is 10.6. The molecular formula is C56H69F3N10O8. The SMILES string of the molecule is CN[C@@H](C)C(=O)N[C@H](C(=O)N1Cc2ccc(NC(=O)CNC(=O)[C@]3(C)CN(C(=O)CN4C[C@@H](C)NC[C@@H]4CN4CCOC[C@H]4C)c4cc(Cc5ccc(F)cc5)ccc43)cc2C1C(=O)Nc1c(F)cccc1F)[C@@H](C)OC. The summed E-state index contributed by atoms with van der Waals surface area (Å²) in [7, 11) is 2.93. The van der Waals surface area contributed by atoms with E-state index >= 15 is 0 Å². The number of piperazine rings is 1. The minimum absolute atomic E-state index is 0.0100. The van der Waals surface area contributed by atoms with Crippen molar-refractivity contribution in [3.63, 3.8) is 0 Å². The zero-order chi connectivity index (χ0) is 55.3. The molecule has 6 amide bonds. The van der Waals surface area contributed by atoms with Crippen LogP contribution in [0.1, 0.15) is 68.5 Å². The molecule has 77 heavy (non-hydrogen) atoms. The van der Waals surface area contributed by atoms with Crippen LogP contribution in [0.2, 0.25) is 0 Å². The Morgan fingerprint density at radius 1 is 0.909 bits per heavy atom. The average molecular weight is 1070 g/mol. The van der Waals surface area contributed by atoms with Crippen molar-refractivity contribution >= 4 is 52.5 Å². The highest BCUT2D eigenvalue weighted by molar-refractivity contribution is 6.05. The minimum Gasteiger partial charge on any atom is -0.379 e. The van der Waals surface area contributed by atoms with Crippen LogP contribution in [-0.4, -0.2) is 160 Å². The van der Waals surface area contributed by atoms with Crippen LogP contribution in [0, 0.1) is 17.5 Å². The van der Waals surface area contributed by atoms with Gasteiger partial charge in [-0.3, -0.25) is 38.6 Å². The van der Waals surface area contributed by atoms with E-state index in [0.29, 0.717) is 49.5 Å². The molecule has 0 aromatic heterocycles. The van der Waals surface area contributed by atoms with Crippen LogP contribution >= 0.6 is 0 Å². The number of morpholine rings is 1. The van der Waals surface area contributed by atoms with Gasteiger partial charge in [-0.1, -0.05) is 36.4 Å². The van der Waals surface area contributed by atoms with Gasteiger partial charge in [0.05, 0.1) is 43.9 Å². The number of likely N-dealkylation sites (N-methyl/N-ethyl adjacent to an activating group) is 1. The zero-order valence-electron chi connectivity index (χ0n) is 44.5. The van der Waals surface area contributed by atoms with Crippen molar-refractivity contribution in [3.8, 4) is 0 Å². The van der Waals surface area contributed by atoms with E-state index in [1.165, 1.54) is 30.2 Å². The Labute approximate surface area is 446 Å². The number of carbonyl (C=O) groups is 6. The Morgan fingerprint density at radius 2 is 1.64 bits per heavy atom. The van der Waals surface area contributed by atoms with Crippen molar-refractivity contribution in [2.24, 2.45) is 0 Å². The summed E-state index contributed by atoms with van der Waals surface area (Å²) in [5, 5.41) is 16.9. The van der Waals surface area contributed by atoms with Crippen molar-refractivity contribution in [3.05, 3.63) is 124 Å². The first-order valence-corrected chi connectivity index (χ1v) is 26.0. The molecule has 18 nitrogen and oxygen atoms in total. The largest absolute Gasteiger partial charge is 0.379 e. The first-order chi connectivity index (χ1) is 36.8. The number of halogens is 3. The molecule has 0 saturated carbocycles. The molecule has 8 rings (SSSR count). The molecule has 6 N–H and O–H groups in total. The molecule has 4 aromatic rings. The van der Waals surface area contributed by atoms with Crippen LogP contribution in [0.3, 0.4) is 0 Å². The van der Waals surface area contributed by atoms with E-state index in [1.54, 1.807) is 57.0 Å². The van der Waals surface area contributed by atoms with Crippen LogP contribution in [-0.2, 0) is 56.6 Å². The monoisotopic (exact) mass is 1070 g/mol. The number of nitrogens with zero attached hydrogens (tertiary/aromatic N) is 4. The van der Waals surface area contributed by atoms with Crippen LogP contribution < -0.4 is 36.8 Å². The summed E-state index contributed by atoms with van der Waals surface area (Å²) in [5.74, 6) is -6.02. The predicted molar refractivity (Wildman–Crippen MR) is 283 cm³/mol. The predicted octanol–water partition coefficient (Wildman–Crippen LogP) is 3.59. The molecule has 4 aliphatic heterocycles. The second-order valence-electron chi connectivity index (χ2n) is 20.8. The number of para-hydroxylation sites is 1. The lowest BCUT2D eigenvalue weighted by molar-refractivity contribution is -0.145. The van der Waals surface area contributed by atoms with E-state index < -0.39 is 83.0 Å². The van der Waals surface area contributed by atoms with Gasteiger partial charge in [-0.25, -0.2) is 13.2 Å². The smallest absolute Gasteiger partial charge is 0.252 e. The van der Waals surface area contributed by atoms with Gasteiger partial charge in [0, 0.05) is 75.9 Å². The normalized spacial score (nSPS) is 22.6.